The molecule has 2 nitrogen and oxygen atoms in total. The van der Waals surface area contributed by atoms with Crippen LogP contribution < -0.4 is 5.32 Å². The van der Waals surface area contributed by atoms with E-state index in [2.05, 4.69) is 5.32 Å². The van der Waals surface area contributed by atoms with E-state index in [1.807, 2.05) is 0 Å². The van der Waals surface area contributed by atoms with Gasteiger partial charge < -0.3 is 5.32 Å². The number of benzene rings is 2. The molecule has 0 aliphatic rings. The van der Waals surface area contributed by atoms with Gasteiger partial charge in [0.2, 0.25) is 0 Å². The molecule has 0 aromatic heterocycles. The minimum absolute atomic E-state index is 0.341. The van der Waals surface area contributed by atoms with E-state index < -0.39 is 34.3 Å². The Morgan fingerprint density at radius 1 is 1.14 bits per heavy atom. The number of hydrogen-bond donors (Lipinski definition) is 1. The second kappa shape index (κ2) is 6.18. The van der Waals surface area contributed by atoms with Gasteiger partial charge in [-0.1, -0.05) is 18.2 Å². The Hall–Kier alpha value is -2.01. The number of carbonyl (C=O) groups excluding carboxylic acids is 1. The van der Waals surface area contributed by atoms with E-state index in [1.165, 1.54) is 0 Å². The highest BCUT2D eigenvalue weighted by Crippen LogP contribution is 2.28. The predicted molar refractivity (Wildman–Crippen MR) is 75.0 cm³/mol. The van der Waals surface area contributed by atoms with Crippen LogP contribution in [0.5, 0.6) is 0 Å². The minimum Gasteiger partial charge on any atom is -0.322 e. The quantitative estimate of drug-likeness (QED) is 0.821. The summed E-state index contributed by atoms with van der Waals surface area (Å²) in [4.78, 5) is 12.0. The van der Waals surface area contributed by atoms with Crippen LogP contribution in [-0.4, -0.2) is 5.91 Å². The summed E-state index contributed by atoms with van der Waals surface area (Å²) in [5.41, 5.74) is 0.108. The Morgan fingerprint density at radius 3 is 2.29 bits per heavy atom. The van der Waals surface area contributed by atoms with Gasteiger partial charge in [0.1, 0.15) is 23.0 Å². The average Bonchev–Trinajstić information content (AvgIpc) is 2.37. The maximum atomic E-state index is 13.6. The third-order valence-corrected chi connectivity index (χ3v) is 3.11. The molecule has 1 amide bonds. The lowest BCUT2D eigenvalue weighted by Gasteiger charge is -2.13. The van der Waals surface area contributed by atoms with Crippen LogP contribution in [0.15, 0.2) is 36.4 Å². The van der Waals surface area contributed by atoms with E-state index in [0.29, 0.717) is 23.4 Å². The fourth-order valence-electron chi connectivity index (χ4n) is 1.90. The van der Waals surface area contributed by atoms with Gasteiger partial charge in [0.05, 0.1) is 5.38 Å². The van der Waals surface area contributed by atoms with Crippen LogP contribution in [0, 0.1) is 17.5 Å². The number of para-hydroxylation sites is 1. The van der Waals surface area contributed by atoms with Crippen molar-refractivity contribution in [3.63, 3.8) is 0 Å². The molecule has 1 unspecified atom stereocenters. The van der Waals surface area contributed by atoms with Crippen molar-refractivity contribution in [1.29, 1.82) is 0 Å². The smallest absolute Gasteiger partial charge is 0.261 e. The summed E-state index contributed by atoms with van der Waals surface area (Å²) in [5.74, 6) is -4.62. The molecule has 0 bridgehead atoms. The molecule has 0 aliphatic heterocycles. The summed E-state index contributed by atoms with van der Waals surface area (Å²) >= 11 is 5.97. The zero-order chi connectivity index (χ0) is 15.6. The summed E-state index contributed by atoms with van der Waals surface area (Å²) in [7, 11) is 0. The van der Waals surface area contributed by atoms with E-state index in [1.54, 1.807) is 31.2 Å². The molecule has 1 N–H and O–H groups in total. The van der Waals surface area contributed by atoms with Crippen molar-refractivity contribution >= 4 is 23.2 Å². The van der Waals surface area contributed by atoms with Gasteiger partial charge in [-0.05, 0) is 18.6 Å². The third-order valence-electron chi connectivity index (χ3n) is 2.87. The molecule has 2 rings (SSSR count). The molecule has 110 valence electrons. The Kier molecular flexibility index (Phi) is 4.53. The van der Waals surface area contributed by atoms with Crippen molar-refractivity contribution < 1.29 is 18.0 Å². The SMILES string of the molecule is CC(Cl)c1ccccc1NC(=O)c1c(F)cc(F)cc1F. The van der Waals surface area contributed by atoms with Crippen molar-refractivity contribution in [2.45, 2.75) is 12.3 Å². The van der Waals surface area contributed by atoms with E-state index in [4.69, 9.17) is 11.6 Å². The molecule has 0 aliphatic carbocycles. The van der Waals surface area contributed by atoms with Gasteiger partial charge in [0.15, 0.2) is 0 Å². The zero-order valence-corrected chi connectivity index (χ0v) is 11.7. The van der Waals surface area contributed by atoms with E-state index >= 15 is 0 Å². The van der Waals surface area contributed by atoms with Gasteiger partial charge in [-0.15, -0.1) is 11.6 Å². The van der Waals surface area contributed by atoms with E-state index in [9.17, 15) is 18.0 Å². The third kappa shape index (κ3) is 3.36. The van der Waals surface area contributed by atoms with Gasteiger partial charge >= 0.3 is 0 Å². The van der Waals surface area contributed by atoms with E-state index in [0.717, 1.165) is 0 Å². The first-order valence-electron chi connectivity index (χ1n) is 6.09. The first-order chi connectivity index (χ1) is 9.90. The number of amides is 1. The number of hydrogen-bond acceptors (Lipinski definition) is 1. The number of alkyl halides is 1. The largest absolute Gasteiger partial charge is 0.322 e. The molecule has 0 saturated carbocycles. The first kappa shape index (κ1) is 15.4. The Bertz CT molecular complexity index is 665. The lowest BCUT2D eigenvalue weighted by molar-refractivity contribution is 0.101. The number of halogens is 4. The standard InChI is InChI=1S/C15H11ClF3NO/c1-8(16)10-4-2-3-5-13(10)20-15(21)14-11(18)6-9(17)7-12(14)19/h2-8H,1H3,(H,20,21). The molecule has 21 heavy (non-hydrogen) atoms. The van der Waals surface area contributed by atoms with Crippen molar-refractivity contribution in [2.24, 2.45) is 0 Å². The topological polar surface area (TPSA) is 29.1 Å². The summed E-state index contributed by atoms with van der Waals surface area (Å²) in [6, 6.07) is 7.52. The average molecular weight is 314 g/mol. The summed E-state index contributed by atoms with van der Waals surface area (Å²) in [6.07, 6.45) is 0. The number of nitrogens with one attached hydrogen (secondary N) is 1. The summed E-state index contributed by atoms with van der Waals surface area (Å²) < 4.78 is 40.0. The second-order valence-corrected chi connectivity index (χ2v) is 5.06. The molecular formula is C15H11ClF3NO. The predicted octanol–water partition coefficient (Wildman–Crippen LogP) is 4.66. The minimum atomic E-state index is -1.26. The molecule has 0 fully saturated rings. The molecule has 0 saturated heterocycles. The van der Waals surface area contributed by atoms with Gasteiger partial charge in [-0.2, -0.15) is 0 Å². The van der Waals surface area contributed by atoms with Crippen LogP contribution in [0.4, 0.5) is 18.9 Å². The first-order valence-corrected chi connectivity index (χ1v) is 6.52. The molecule has 0 heterocycles. The highest BCUT2D eigenvalue weighted by Gasteiger charge is 2.20. The maximum Gasteiger partial charge on any atom is 0.261 e. The Morgan fingerprint density at radius 2 is 1.71 bits per heavy atom. The van der Waals surface area contributed by atoms with E-state index in [-0.39, 0.29) is 0 Å². The lowest BCUT2D eigenvalue weighted by Crippen LogP contribution is -2.17. The molecule has 1 atom stereocenters. The van der Waals surface area contributed by atoms with Crippen LogP contribution in [0.1, 0.15) is 28.2 Å². The fraction of sp³-hybridized carbons (Fsp3) is 0.133. The summed E-state index contributed by atoms with van der Waals surface area (Å²) in [5, 5.41) is 1.98. The Balaban J connectivity index is 2.36. The summed E-state index contributed by atoms with van der Waals surface area (Å²) in [6.45, 7) is 1.70. The van der Waals surface area contributed by atoms with Crippen LogP contribution in [-0.2, 0) is 0 Å². The van der Waals surface area contributed by atoms with Crippen molar-refractivity contribution in [1.82, 2.24) is 0 Å². The molecule has 6 heteroatoms. The number of rotatable bonds is 3. The molecular weight excluding hydrogens is 303 g/mol. The maximum absolute atomic E-state index is 13.6. The molecule has 2 aromatic rings. The number of anilines is 1. The van der Waals surface area contributed by atoms with Crippen molar-refractivity contribution in [2.75, 3.05) is 5.32 Å². The molecule has 0 radical (unpaired) electrons. The Labute approximate surface area is 124 Å². The van der Waals surface area contributed by atoms with Gasteiger partial charge in [0, 0.05) is 17.8 Å². The molecule has 2 aromatic carbocycles. The number of carbonyl (C=O) groups is 1. The van der Waals surface area contributed by atoms with Gasteiger partial charge in [-0.3, -0.25) is 4.79 Å². The van der Waals surface area contributed by atoms with Crippen LogP contribution in [0.2, 0.25) is 0 Å². The van der Waals surface area contributed by atoms with Crippen LogP contribution in [0.3, 0.4) is 0 Å². The van der Waals surface area contributed by atoms with Gasteiger partial charge in [0.25, 0.3) is 5.91 Å². The van der Waals surface area contributed by atoms with Crippen LogP contribution >= 0.6 is 11.6 Å². The van der Waals surface area contributed by atoms with Crippen molar-refractivity contribution in [3.05, 3.63) is 65.0 Å². The molecule has 0 spiro atoms. The monoisotopic (exact) mass is 313 g/mol. The lowest BCUT2D eigenvalue weighted by atomic mass is 10.1. The fourth-order valence-corrected chi connectivity index (χ4v) is 2.09. The van der Waals surface area contributed by atoms with Gasteiger partial charge in [-0.25, -0.2) is 13.2 Å². The van der Waals surface area contributed by atoms with Crippen LogP contribution in [0.25, 0.3) is 0 Å². The highest BCUT2D eigenvalue weighted by atomic mass is 35.5. The van der Waals surface area contributed by atoms with Crippen molar-refractivity contribution in [3.8, 4) is 0 Å². The second-order valence-electron chi connectivity index (χ2n) is 4.40. The highest BCUT2D eigenvalue weighted by molar-refractivity contribution is 6.21. The normalized spacial score (nSPS) is 12.0. The zero-order valence-electron chi connectivity index (χ0n) is 11.0.